The van der Waals surface area contributed by atoms with Gasteiger partial charge in [0.25, 0.3) is 0 Å². The molecule has 0 atom stereocenters. The van der Waals surface area contributed by atoms with Gasteiger partial charge in [-0.3, -0.25) is 0 Å². The minimum Gasteiger partial charge on any atom is -0.389 e. The number of hydrogen-bond donors (Lipinski definition) is 2. The molecule has 0 bridgehead atoms. The van der Waals surface area contributed by atoms with E-state index in [4.69, 9.17) is 18.0 Å². The lowest BCUT2D eigenvalue weighted by molar-refractivity contribution is 1.17. The predicted octanol–water partition coefficient (Wildman–Crippen LogP) is 1.49. The summed E-state index contributed by atoms with van der Waals surface area (Å²) in [5, 5.41) is 3.20. The number of hydrogen-bond acceptors (Lipinski definition) is 4. The molecule has 0 fully saturated rings. The third-order valence-electron chi connectivity index (χ3n) is 1.67. The summed E-state index contributed by atoms with van der Waals surface area (Å²) < 4.78 is 0. The Morgan fingerprint density at radius 3 is 3.14 bits per heavy atom. The van der Waals surface area contributed by atoms with E-state index in [0.717, 1.165) is 23.7 Å². The minimum absolute atomic E-state index is 0.379. The number of nitrogens with one attached hydrogen (secondary N) is 1. The molecule has 1 aromatic heterocycles. The molecule has 14 heavy (non-hydrogen) atoms. The maximum atomic E-state index is 5.57. The minimum atomic E-state index is 0.379. The van der Waals surface area contributed by atoms with Crippen LogP contribution in [0.5, 0.6) is 0 Å². The highest BCUT2D eigenvalue weighted by Crippen LogP contribution is 2.10. The van der Waals surface area contributed by atoms with Crippen molar-refractivity contribution in [2.75, 3.05) is 23.9 Å². The Kier molecular flexibility index (Phi) is 4.69. The zero-order valence-electron chi connectivity index (χ0n) is 7.99. The lowest BCUT2D eigenvalue weighted by atomic mass is 10.2. The lowest BCUT2D eigenvalue weighted by Crippen LogP contribution is -2.15. The van der Waals surface area contributed by atoms with Gasteiger partial charge in [0.15, 0.2) is 0 Å². The second-order valence-electron chi connectivity index (χ2n) is 2.68. The van der Waals surface area contributed by atoms with E-state index in [1.807, 2.05) is 12.1 Å². The van der Waals surface area contributed by atoms with Crippen LogP contribution in [0.2, 0.25) is 0 Å². The number of pyridine rings is 1. The molecule has 3 nitrogen and oxygen atoms in total. The second-order valence-corrected chi connectivity index (χ2v) is 4.11. The molecule has 0 spiro atoms. The van der Waals surface area contributed by atoms with E-state index in [9.17, 15) is 0 Å². The summed E-state index contributed by atoms with van der Waals surface area (Å²) in [5.74, 6) is 1.81. The number of thiocarbonyl (C=S) groups is 1. The first-order valence-corrected chi connectivity index (χ1v) is 6.03. The number of anilines is 1. The summed E-state index contributed by atoms with van der Waals surface area (Å²) in [6.07, 6.45) is 3.79. The Morgan fingerprint density at radius 2 is 2.50 bits per heavy atom. The van der Waals surface area contributed by atoms with Crippen LogP contribution in [0.25, 0.3) is 0 Å². The van der Waals surface area contributed by atoms with Crippen LogP contribution < -0.4 is 11.1 Å². The Morgan fingerprint density at radius 1 is 1.71 bits per heavy atom. The molecule has 0 aliphatic rings. The van der Waals surface area contributed by atoms with Crippen LogP contribution in [0.4, 0.5) is 5.82 Å². The van der Waals surface area contributed by atoms with Crippen molar-refractivity contribution in [3.05, 3.63) is 23.9 Å². The maximum absolute atomic E-state index is 5.57. The molecule has 0 radical (unpaired) electrons. The zero-order valence-corrected chi connectivity index (χ0v) is 9.62. The van der Waals surface area contributed by atoms with Crippen molar-refractivity contribution in [3.63, 3.8) is 0 Å². The van der Waals surface area contributed by atoms with Gasteiger partial charge in [0.1, 0.15) is 10.8 Å². The van der Waals surface area contributed by atoms with Gasteiger partial charge in [-0.1, -0.05) is 12.2 Å². The van der Waals surface area contributed by atoms with Crippen molar-refractivity contribution in [1.29, 1.82) is 0 Å². The van der Waals surface area contributed by atoms with Crippen LogP contribution >= 0.6 is 24.0 Å². The van der Waals surface area contributed by atoms with Crippen LogP contribution in [-0.2, 0) is 0 Å². The molecule has 76 valence electrons. The van der Waals surface area contributed by atoms with Crippen LogP contribution in [0.1, 0.15) is 5.56 Å². The number of nitrogens with two attached hydrogens (primary N) is 1. The molecular formula is C9H13N3S2. The number of nitrogens with zero attached hydrogens (tertiary/aromatic N) is 1. The first-order valence-electron chi connectivity index (χ1n) is 4.23. The molecule has 0 aromatic carbocycles. The van der Waals surface area contributed by atoms with E-state index in [1.165, 1.54) is 0 Å². The fraction of sp³-hybridized carbons (Fsp3) is 0.333. The molecule has 3 N–H and O–H groups in total. The second kappa shape index (κ2) is 5.82. The highest BCUT2D eigenvalue weighted by Gasteiger charge is 2.03. The Balaban J connectivity index is 2.69. The average Bonchev–Trinajstić information content (AvgIpc) is 2.19. The van der Waals surface area contributed by atoms with Gasteiger partial charge in [0.2, 0.25) is 0 Å². The maximum Gasteiger partial charge on any atom is 0.136 e. The molecular weight excluding hydrogens is 214 g/mol. The molecule has 0 aliphatic heterocycles. The Labute approximate surface area is 93.5 Å². The smallest absolute Gasteiger partial charge is 0.136 e. The van der Waals surface area contributed by atoms with E-state index in [-0.39, 0.29) is 0 Å². The summed E-state index contributed by atoms with van der Waals surface area (Å²) in [7, 11) is 0. The highest BCUT2D eigenvalue weighted by molar-refractivity contribution is 7.98. The van der Waals surface area contributed by atoms with Crippen molar-refractivity contribution in [2.45, 2.75) is 0 Å². The largest absolute Gasteiger partial charge is 0.389 e. The lowest BCUT2D eigenvalue weighted by Gasteiger charge is -2.08. The number of rotatable bonds is 5. The molecule has 1 aromatic rings. The normalized spacial score (nSPS) is 9.79. The van der Waals surface area contributed by atoms with Gasteiger partial charge in [0.05, 0.1) is 5.56 Å². The average molecular weight is 227 g/mol. The quantitative estimate of drug-likeness (QED) is 0.589. The van der Waals surface area contributed by atoms with Crippen molar-refractivity contribution in [1.82, 2.24) is 4.98 Å². The summed E-state index contributed by atoms with van der Waals surface area (Å²) in [6.45, 7) is 0.869. The van der Waals surface area contributed by atoms with Crippen LogP contribution in [-0.4, -0.2) is 28.5 Å². The van der Waals surface area contributed by atoms with Crippen LogP contribution in [0.3, 0.4) is 0 Å². The monoisotopic (exact) mass is 227 g/mol. The molecule has 0 unspecified atom stereocenters. The summed E-state index contributed by atoms with van der Waals surface area (Å²) in [5.41, 5.74) is 6.37. The van der Waals surface area contributed by atoms with Crippen LogP contribution in [0.15, 0.2) is 18.3 Å². The topological polar surface area (TPSA) is 50.9 Å². The van der Waals surface area contributed by atoms with Crippen molar-refractivity contribution < 1.29 is 0 Å². The van der Waals surface area contributed by atoms with Gasteiger partial charge >= 0.3 is 0 Å². The van der Waals surface area contributed by atoms with Gasteiger partial charge < -0.3 is 11.1 Å². The molecule has 0 amide bonds. The Hall–Kier alpha value is -0.810. The van der Waals surface area contributed by atoms with Crippen molar-refractivity contribution in [3.8, 4) is 0 Å². The zero-order chi connectivity index (χ0) is 10.4. The van der Waals surface area contributed by atoms with E-state index in [1.54, 1.807) is 18.0 Å². The first-order chi connectivity index (χ1) is 6.75. The van der Waals surface area contributed by atoms with Gasteiger partial charge in [-0.2, -0.15) is 11.8 Å². The van der Waals surface area contributed by atoms with Crippen LogP contribution in [0, 0.1) is 0 Å². The highest BCUT2D eigenvalue weighted by atomic mass is 32.2. The molecule has 1 heterocycles. The van der Waals surface area contributed by atoms with E-state index in [2.05, 4.69) is 16.6 Å². The van der Waals surface area contributed by atoms with Crippen molar-refractivity contribution >= 4 is 34.8 Å². The Bertz CT molecular complexity index is 315. The van der Waals surface area contributed by atoms with Gasteiger partial charge in [-0.25, -0.2) is 4.98 Å². The fourth-order valence-electron chi connectivity index (χ4n) is 1.02. The third-order valence-corrected chi connectivity index (χ3v) is 2.50. The SMILES string of the molecule is CSCCNc1ncccc1C(N)=S. The molecule has 1 rings (SSSR count). The molecule has 0 saturated carbocycles. The summed E-state index contributed by atoms with van der Waals surface area (Å²) >= 11 is 6.70. The predicted molar refractivity (Wildman–Crippen MR) is 67.0 cm³/mol. The molecule has 0 aliphatic carbocycles. The van der Waals surface area contributed by atoms with E-state index >= 15 is 0 Å². The molecule has 0 saturated heterocycles. The standard InChI is InChI=1S/C9H13N3S2/c1-14-6-5-12-9-7(8(10)13)3-2-4-11-9/h2-4H,5-6H2,1H3,(H2,10,13)(H,11,12). The summed E-state index contributed by atoms with van der Waals surface area (Å²) in [4.78, 5) is 4.56. The first kappa shape index (κ1) is 11.3. The van der Waals surface area contributed by atoms with Crippen molar-refractivity contribution in [2.24, 2.45) is 5.73 Å². The third kappa shape index (κ3) is 3.16. The fourth-order valence-corrected chi connectivity index (χ4v) is 1.49. The van der Waals surface area contributed by atoms with Gasteiger partial charge in [-0.15, -0.1) is 0 Å². The van der Waals surface area contributed by atoms with Gasteiger partial charge in [-0.05, 0) is 18.4 Å². The summed E-state index contributed by atoms with van der Waals surface area (Å²) in [6, 6.07) is 3.70. The van der Waals surface area contributed by atoms with E-state index < -0.39 is 0 Å². The number of thioether (sulfide) groups is 1. The van der Waals surface area contributed by atoms with E-state index in [0.29, 0.717) is 4.99 Å². The molecule has 5 heteroatoms. The number of aromatic nitrogens is 1. The van der Waals surface area contributed by atoms with Gasteiger partial charge in [0, 0.05) is 18.5 Å².